The van der Waals surface area contributed by atoms with E-state index in [9.17, 15) is 9.59 Å². The van der Waals surface area contributed by atoms with Crippen LogP contribution < -0.4 is 10.1 Å². The topological polar surface area (TPSA) is 58.6 Å². The molecule has 0 aliphatic carbocycles. The number of ether oxygens (including phenoxy) is 1. The molecule has 2 amide bonds. The number of carbonyl (C=O) groups excluding carboxylic acids is 2. The van der Waals surface area contributed by atoms with Crippen LogP contribution in [0.1, 0.15) is 25.8 Å². The van der Waals surface area contributed by atoms with Gasteiger partial charge >= 0.3 is 0 Å². The highest BCUT2D eigenvalue weighted by molar-refractivity contribution is 5.76. The maximum absolute atomic E-state index is 11.6. The average molecular weight is 292 g/mol. The minimum Gasteiger partial charge on any atom is -0.497 e. The van der Waals surface area contributed by atoms with E-state index >= 15 is 0 Å². The second kappa shape index (κ2) is 9.00. The molecule has 0 aliphatic rings. The fraction of sp³-hybridized carbons (Fsp3) is 0.500. The molecule has 0 radical (unpaired) electrons. The minimum atomic E-state index is 0.00583. The van der Waals surface area contributed by atoms with Crippen LogP contribution in [0.2, 0.25) is 0 Å². The quantitative estimate of drug-likeness (QED) is 0.792. The van der Waals surface area contributed by atoms with E-state index in [0.717, 1.165) is 17.7 Å². The van der Waals surface area contributed by atoms with Crippen LogP contribution in [0.25, 0.3) is 0 Å². The highest BCUT2D eigenvalue weighted by Crippen LogP contribution is 2.13. The highest BCUT2D eigenvalue weighted by atomic mass is 16.5. The van der Waals surface area contributed by atoms with E-state index in [-0.39, 0.29) is 11.8 Å². The molecule has 0 saturated heterocycles. The molecule has 5 nitrogen and oxygen atoms in total. The summed E-state index contributed by atoms with van der Waals surface area (Å²) in [5.74, 6) is 0.840. The van der Waals surface area contributed by atoms with Gasteiger partial charge < -0.3 is 15.0 Å². The Kier molecular flexibility index (Phi) is 7.29. The van der Waals surface area contributed by atoms with E-state index in [1.807, 2.05) is 24.3 Å². The molecule has 0 saturated carbocycles. The van der Waals surface area contributed by atoms with E-state index in [1.165, 1.54) is 0 Å². The van der Waals surface area contributed by atoms with Gasteiger partial charge in [-0.15, -0.1) is 0 Å². The minimum absolute atomic E-state index is 0.00583. The van der Waals surface area contributed by atoms with Crippen LogP contribution in [0.15, 0.2) is 24.3 Å². The average Bonchev–Trinajstić information content (AvgIpc) is 2.50. The molecule has 116 valence electrons. The standard InChI is InChI=1S/C16H24N2O3/c1-4-16(20)17-9-11-18(13(2)19)10-8-14-6-5-7-15(12-14)21-3/h5-7,12H,4,8-11H2,1-3H3,(H,17,20). The fourth-order valence-corrected chi connectivity index (χ4v) is 1.97. The molecule has 0 atom stereocenters. The molecule has 0 aromatic heterocycles. The highest BCUT2D eigenvalue weighted by Gasteiger charge is 2.09. The van der Waals surface area contributed by atoms with Gasteiger partial charge in [0, 0.05) is 33.0 Å². The van der Waals surface area contributed by atoms with Crippen LogP contribution in [-0.2, 0) is 16.0 Å². The summed E-state index contributed by atoms with van der Waals surface area (Å²) in [6, 6.07) is 7.82. The van der Waals surface area contributed by atoms with Gasteiger partial charge in [-0.3, -0.25) is 9.59 Å². The van der Waals surface area contributed by atoms with Crippen molar-refractivity contribution in [2.24, 2.45) is 0 Å². The first-order chi connectivity index (χ1) is 10.1. The van der Waals surface area contributed by atoms with Crippen molar-refractivity contribution in [1.29, 1.82) is 0 Å². The predicted octanol–water partition coefficient (Wildman–Crippen LogP) is 1.61. The van der Waals surface area contributed by atoms with Gasteiger partial charge in [-0.1, -0.05) is 19.1 Å². The lowest BCUT2D eigenvalue weighted by Crippen LogP contribution is -2.38. The van der Waals surface area contributed by atoms with Gasteiger partial charge in [0.2, 0.25) is 11.8 Å². The van der Waals surface area contributed by atoms with Gasteiger partial charge in [0.1, 0.15) is 5.75 Å². The van der Waals surface area contributed by atoms with Gasteiger partial charge in [-0.2, -0.15) is 0 Å². The van der Waals surface area contributed by atoms with Crippen molar-refractivity contribution >= 4 is 11.8 Å². The zero-order valence-corrected chi connectivity index (χ0v) is 13.0. The molecule has 21 heavy (non-hydrogen) atoms. The summed E-state index contributed by atoms with van der Waals surface area (Å²) in [4.78, 5) is 24.6. The maximum atomic E-state index is 11.6. The lowest BCUT2D eigenvalue weighted by Gasteiger charge is -2.21. The van der Waals surface area contributed by atoms with Gasteiger partial charge in [0.15, 0.2) is 0 Å². The van der Waals surface area contributed by atoms with Gasteiger partial charge in [0.05, 0.1) is 7.11 Å². The molecule has 1 rings (SSSR count). The summed E-state index contributed by atoms with van der Waals surface area (Å²) in [7, 11) is 1.64. The normalized spacial score (nSPS) is 10.0. The largest absolute Gasteiger partial charge is 0.497 e. The molecular formula is C16H24N2O3. The third kappa shape index (κ3) is 6.29. The lowest BCUT2D eigenvalue weighted by atomic mass is 10.1. The Labute approximate surface area is 126 Å². The summed E-state index contributed by atoms with van der Waals surface area (Å²) in [5, 5.41) is 2.78. The Morgan fingerprint density at radius 2 is 2.05 bits per heavy atom. The Morgan fingerprint density at radius 3 is 2.67 bits per heavy atom. The smallest absolute Gasteiger partial charge is 0.219 e. The third-order valence-electron chi connectivity index (χ3n) is 3.27. The Balaban J connectivity index is 2.46. The number of methoxy groups -OCH3 is 1. The molecule has 1 aromatic carbocycles. The maximum Gasteiger partial charge on any atom is 0.219 e. The van der Waals surface area contributed by atoms with Crippen molar-refractivity contribution in [2.75, 3.05) is 26.7 Å². The van der Waals surface area contributed by atoms with E-state index in [4.69, 9.17) is 4.74 Å². The Morgan fingerprint density at radius 1 is 1.29 bits per heavy atom. The van der Waals surface area contributed by atoms with Crippen LogP contribution >= 0.6 is 0 Å². The summed E-state index contributed by atoms with van der Waals surface area (Å²) in [6.07, 6.45) is 1.22. The first-order valence-corrected chi connectivity index (χ1v) is 7.22. The fourth-order valence-electron chi connectivity index (χ4n) is 1.97. The molecule has 5 heteroatoms. The Hall–Kier alpha value is -2.04. The van der Waals surface area contributed by atoms with Gasteiger partial charge in [-0.05, 0) is 24.1 Å². The van der Waals surface area contributed by atoms with E-state index in [1.54, 1.807) is 25.9 Å². The second-order valence-corrected chi connectivity index (χ2v) is 4.81. The van der Waals surface area contributed by atoms with Crippen molar-refractivity contribution in [2.45, 2.75) is 26.7 Å². The van der Waals surface area contributed by atoms with Crippen LogP contribution in [0.4, 0.5) is 0 Å². The van der Waals surface area contributed by atoms with Crippen molar-refractivity contribution in [3.63, 3.8) is 0 Å². The number of carbonyl (C=O) groups is 2. The molecule has 0 fully saturated rings. The van der Waals surface area contributed by atoms with Crippen LogP contribution in [0, 0.1) is 0 Å². The molecule has 0 aliphatic heterocycles. The summed E-state index contributed by atoms with van der Waals surface area (Å²) >= 11 is 0. The van der Waals surface area contributed by atoms with Crippen LogP contribution in [0.3, 0.4) is 0 Å². The van der Waals surface area contributed by atoms with E-state index < -0.39 is 0 Å². The predicted molar refractivity (Wildman–Crippen MR) is 82.3 cm³/mol. The van der Waals surface area contributed by atoms with Crippen LogP contribution in [0.5, 0.6) is 5.75 Å². The Bertz CT molecular complexity index is 474. The zero-order valence-electron chi connectivity index (χ0n) is 13.0. The number of hydrogen-bond acceptors (Lipinski definition) is 3. The zero-order chi connectivity index (χ0) is 15.7. The van der Waals surface area contributed by atoms with Crippen LogP contribution in [-0.4, -0.2) is 43.5 Å². The molecule has 0 unspecified atom stereocenters. The summed E-state index contributed by atoms with van der Waals surface area (Å²) in [5.41, 5.74) is 1.12. The molecule has 0 heterocycles. The van der Waals surface area contributed by atoms with Crippen molar-refractivity contribution in [3.8, 4) is 5.75 Å². The summed E-state index contributed by atoms with van der Waals surface area (Å²) < 4.78 is 5.18. The lowest BCUT2D eigenvalue weighted by molar-refractivity contribution is -0.129. The summed E-state index contributed by atoms with van der Waals surface area (Å²) in [6.45, 7) is 5.01. The van der Waals surface area contributed by atoms with Gasteiger partial charge in [-0.25, -0.2) is 0 Å². The number of nitrogens with one attached hydrogen (secondary N) is 1. The second-order valence-electron chi connectivity index (χ2n) is 4.81. The molecule has 1 aromatic rings. The molecular weight excluding hydrogens is 268 g/mol. The molecule has 0 spiro atoms. The van der Waals surface area contributed by atoms with Gasteiger partial charge in [0.25, 0.3) is 0 Å². The third-order valence-corrected chi connectivity index (χ3v) is 3.27. The number of hydrogen-bond donors (Lipinski definition) is 1. The first-order valence-electron chi connectivity index (χ1n) is 7.22. The SMILES string of the molecule is CCC(=O)NCCN(CCc1cccc(OC)c1)C(C)=O. The van der Waals surface area contributed by atoms with E-state index in [0.29, 0.717) is 26.1 Å². The van der Waals surface area contributed by atoms with Crippen molar-refractivity contribution in [3.05, 3.63) is 29.8 Å². The first kappa shape index (κ1) is 17.0. The van der Waals surface area contributed by atoms with E-state index in [2.05, 4.69) is 5.32 Å². The number of benzene rings is 1. The number of nitrogens with zero attached hydrogens (tertiary/aromatic N) is 1. The number of amides is 2. The molecule has 1 N–H and O–H groups in total. The van der Waals surface area contributed by atoms with Crippen molar-refractivity contribution < 1.29 is 14.3 Å². The van der Waals surface area contributed by atoms with Crippen molar-refractivity contribution in [1.82, 2.24) is 10.2 Å². The molecule has 0 bridgehead atoms. The monoisotopic (exact) mass is 292 g/mol. The number of rotatable bonds is 8.